The van der Waals surface area contributed by atoms with Gasteiger partial charge in [0.1, 0.15) is 6.61 Å². The normalized spacial score (nSPS) is 26.1. The van der Waals surface area contributed by atoms with Gasteiger partial charge in [-0.15, -0.1) is 0 Å². The molecule has 1 aromatic carbocycles. The van der Waals surface area contributed by atoms with Crippen molar-refractivity contribution in [3.8, 4) is 5.88 Å². The van der Waals surface area contributed by atoms with Gasteiger partial charge in [0.05, 0.1) is 38.0 Å². The van der Waals surface area contributed by atoms with Crippen molar-refractivity contribution in [3.63, 3.8) is 0 Å². The first-order valence-electron chi connectivity index (χ1n) is 9.81. The van der Waals surface area contributed by atoms with Crippen molar-refractivity contribution in [1.29, 1.82) is 0 Å². The van der Waals surface area contributed by atoms with Gasteiger partial charge >= 0.3 is 6.09 Å². The number of carbonyl (C=O) groups excluding carboxylic acids is 1. The number of pyridine rings is 1. The summed E-state index contributed by atoms with van der Waals surface area (Å²) >= 11 is 0. The number of aryl methyl sites for hydroxylation is 1. The number of carbonyl (C=O) groups is 1. The molecule has 1 N–H and O–H groups in total. The molecular weight excluding hydrogens is 372 g/mol. The van der Waals surface area contributed by atoms with Crippen LogP contribution in [0.3, 0.4) is 0 Å². The van der Waals surface area contributed by atoms with Crippen molar-refractivity contribution in [2.45, 2.75) is 44.1 Å². The number of aromatic nitrogens is 1. The summed E-state index contributed by atoms with van der Waals surface area (Å²) in [6, 6.07) is 12.7. The van der Waals surface area contributed by atoms with Gasteiger partial charge in [-0.3, -0.25) is 4.90 Å². The number of rotatable bonds is 4. The summed E-state index contributed by atoms with van der Waals surface area (Å²) in [6.07, 6.45) is 0.385. The van der Waals surface area contributed by atoms with E-state index in [2.05, 4.69) is 4.98 Å². The highest BCUT2D eigenvalue weighted by atomic mass is 16.6. The molecule has 7 nitrogen and oxygen atoms in total. The maximum Gasteiger partial charge on any atom is 0.410 e. The molecule has 4 rings (SSSR count). The molecule has 1 aromatic heterocycles. The standard InChI is InChI=1S/C22H26N2O5/c1-15-19(8-9-20(23-15)27-2)22(26)10-17-13-28-14-18(11-22)24(17)21(25)29-12-16-6-4-3-5-7-16/h3-9,17-18,26H,10-14H2,1-2H3. The molecule has 0 radical (unpaired) electrons. The largest absolute Gasteiger partial charge is 0.481 e. The number of amides is 1. The number of benzene rings is 1. The Morgan fingerprint density at radius 3 is 2.52 bits per heavy atom. The van der Waals surface area contributed by atoms with Crippen molar-refractivity contribution in [2.24, 2.45) is 0 Å². The number of methoxy groups -OCH3 is 1. The average Bonchev–Trinajstić information content (AvgIpc) is 2.72. The van der Waals surface area contributed by atoms with Crippen molar-refractivity contribution in [1.82, 2.24) is 9.88 Å². The molecule has 7 heteroatoms. The van der Waals surface area contributed by atoms with E-state index < -0.39 is 5.60 Å². The second-order valence-corrected chi connectivity index (χ2v) is 7.72. The Hall–Kier alpha value is -2.64. The third-order valence-corrected chi connectivity index (χ3v) is 5.74. The van der Waals surface area contributed by atoms with E-state index in [1.807, 2.05) is 43.3 Å². The van der Waals surface area contributed by atoms with Gasteiger partial charge in [0.25, 0.3) is 0 Å². The highest BCUT2D eigenvalue weighted by Gasteiger charge is 2.50. The van der Waals surface area contributed by atoms with Crippen LogP contribution in [-0.4, -0.2) is 53.5 Å². The number of nitrogens with zero attached hydrogens (tertiary/aromatic N) is 2. The molecule has 2 unspecified atom stereocenters. The monoisotopic (exact) mass is 398 g/mol. The minimum atomic E-state index is -1.07. The number of hydrogen-bond donors (Lipinski definition) is 1. The van der Waals surface area contributed by atoms with Gasteiger partial charge in [0.2, 0.25) is 5.88 Å². The maximum atomic E-state index is 12.8. The van der Waals surface area contributed by atoms with Crippen LogP contribution in [0.5, 0.6) is 5.88 Å². The van der Waals surface area contributed by atoms with Crippen LogP contribution in [0.25, 0.3) is 0 Å². The molecule has 2 fully saturated rings. The topological polar surface area (TPSA) is 81.1 Å². The van der Waals surface area contributed by atoms with Crippen LogP contribution in [-0.2, 0) is 21.7 Å². The second kappa shape index (κ2) is 8.00. The first kappa shape index (κ1) is 19.7. The average molecular weight is 398 g/mol. The van der Waals surface area contributed by atoms with Crippen LogP contribution in [0, 0.1) is 6.92 Å². The number of morpholine rings is 1. The van der Waals surface area contributed by atoms with Gasteiger partial charge < -0.3 is 19.3 Å². The fourth-order valence-electron chi connectivity index (χ4n) is 4.43. The van der Waals surface area contributed by atoms with E-state index in [1.165, 1.54) is 0 Å². The third kappa shape index (κ3) is 3.93. The van der Waals surface area contributed by atoms with Crippen LogP contribution in [0.4, 0.5) is 4.79 Å². The number of hydrogen-bond acceptors (Lipinski definition) is 6. The Morgan fingerprint density at radius 1 is 1.21 bits per heavy atom. The molecular formula is C22H26N2O5. The first-order chi connectivity index (χ1) is 14.0. The Bertz CT molecular complexity index is 859. The van der Waals surface area contributed by atoms with Crippen LogP contribution in [0.15, 0.2) is 42.5 Å². The summed E-state index contributed by atoms with van der Waals surface area (Å²) in [4.78, 5) is 19.0. The molecule has 2 aliphatic rings. The van der Waals surface area contributed by atoms with Gasteiger partial charge in [-0.2, -0.15) is 0 Å². The van der Waals surface area contributed by atoms with E-state index in [4.69, 9.17) is 14.2 Å². The van der Waals surface area contributed by atoms with Crippen molar-refractivity contribution in [2.75, 3.05) is 20.3 Å². The number of ether oxygens (including phenoxy) is 3. The summed E-state index contributed by atoms with van der Waals surface area (Å²) < 4.78 is 16.4. The van der Waals surface area contributed by atoms with E-state index in [0.717, 1.165) is 16.8 Å². The fourth-order valence-corrected chi connectivity index (χ4v) is 4.43. The lowest BCUT2D eigenvalue weighted by atomic mass is 9.76. The van der Waals surface area contributed by atoms with Crippen LogP contribution in [0.1, 0.15) is 29.7 Å². The van der Waals surface area contributed by atoms with Gasteiger partial charge in [-0.05, 0) is 18.6 Å². The minimum Gasteiger partial charge on any atom is -0.481 e. The van der Waals surface area contributed by atoms with Gasteiger partial charge in [0.15, 0.2) is 0 Å². The molecule has 1 amide bonds. The molecule has 3 heterocycles. The van der Waals surface area contributed by atoms with Gasteiger partial charge in [0, 0.05) is 30.2 Å². The Balaban J connectivity index is 1.50. The quantitative estimate of drug-likeness (QED) is 0.853. The van der Waals surface area contributed by atoms with Crippen molar-refractivity contribution >= 4 is 6.09 Å². The number of aliphatic hydroxyl groups is 1. The van der Waals surface area contributed by atoms with E-state index in [-0.39, 0.29) is 24.8 Å². The summed E-state index contributed by atoms with van der Waals surface area (Å²) in [6.45, 7) is 2.84. The molecule has 0 spiro atoms. The zero-order chi connectivity index (χ0) is 20.4. The summed E-state index contributed by atoms with van der Waals surface area (Å²) in [5.41, 5.74) is 1.37. The predicted molar refractivity (Wildman–Crippen MR) is 106 cm³/mol. The highest BCUT2D eigenvalue weighted by Crippen LogP contribution is 2.42. The van der Waals surface area contributed by atoms with Gasteiger partial charge in [-0.1, -0.05) is 30.3 Å². The van der Waals surface area contributed by atoms with E-state index in [1.54, 1.807) is 18.1 Å². The molecule has 2 aromatic rings. The summed E-state index contributed by atoms with van der Waals surface area (Å²) in [7, 11) is 1.57. The third-order valence-electron chi connectivity index (χ3n) is 5.74. The van der Waals surface area contributed by atoms with E-state index >= 15 is 0 Å². The first-order valence-corrected chi connectivity index (χ1v) is 9.81. The fraction of sp³-hybridized carbons (Fsp3) is 0.455. The van der Waals surface area contributed by atoms with E-state index in [9.17, 15) is 9.90 Å². The number of fused-ring (bicyclic) bond motifs is 2. The van der Waals surface area contributed by atoms with Crippen molar-refractivity contribution < 1.29 is 24.1 Å². The predicted octanol–water partition coefficient (Wildman–Crippen LogP) is 2.79. The lowest BCUT2D eigenvalue weighted by Crippen LogP contribution is -2.62. The molecule has 0 aliphatic carbocycles. The highest BCUT2D eigenvalue weighted by molar-refractivity contribution is 5.69. The van der Waals surface area contributed by atoms with Crippen molar-refractivity contribution in [3.05, 3.63) is 59.3 Å². The Labute approximate surface area is 170 Å². The molecule has 2 atom stereocenters. The summed E-state index contributed by atoms with van der Waals surface area (Å²) in [5.74, 6) is 0.514. The van der Waals surface area contributed by atoms with Gasteiger partial charge in [-0.25, -0.2) is 9.78 Å². The maximum absolute atomic E-state index is 12.8. The summed E-state index contributed by atoms with van der Waals surface area (Å²) in [5, 5.41) is 11.5. The van der Waals surface area contributed by atoms with Crippen LogP contribution < -0.4 is 4.74 Å². The SMILES string of the molecule is COc1ccc(C2(O)CC3COCC(C2)N3C(=O)OCc2ccccc2)c(C)n1. The zero-order valence-electron chi connectivity index (χ0n) is 16.7. The smallest absolute Gasteiger partial charge is 0.410 e. The lowest BCUT2D eigenvalue weighted by Gasteiger charge is -2.51. The lowest BCUT2D eigenvalue weighted by molar-refractivity contribution is -0.137. The Morgan fingerprint density at radius 2 is 1.90 bits per heavy atom. The Kier molecular flexibility index (Phi) is 5.43. The minimum absolute atomic E-state index is 0.224. The van der Waals surface area contributed by atoms with E-state index in [0.29, 0.717) is 31.9 Å². The van der Waals surface area contributed by atoms with Crippen LogP contribution in [0.2, 0.25) is 0 Å². The molecule has 154 valence electrons. The molecule has 29 heavy (non-hydrogen) atoms. The van der Waals surface area contributed by atoms with Crippen LogP contribution >= 0.6 is 0 Å². The number of piperidine rings is 1. The molecule has 2 bridgehead atoms. The molecule has 2 saturated heterocycles. The molecule has 0 saturated carbocycles. The molecule has 2 aliphatic heterocycles. The zero-order valence-corrected chi connectivity index (χ0v) is 16.7. The second-order valence-electron chi connectivity index (χ2n) is 7.72.